The molecule has 12 heavy (non-hydrogen) atoms. The Balaban J connectivity index is 2.70. The standard InChI is InChI=1S/C7H4N4O/c8-1-4-6-5(12)2-9-7(6)11-3-10-4/h3H,2H2,(H,9,10,11). The second-order valence-corrected chi connectivity index (χ2v) is 2.33. The molecule has 2 rings (SSSR count). The van der Waals surface area contributed by atoms with Crippen LogP contribution in [0, 0.1) is 11.3 Å². The molecule has 1 N–H and O–H groups in total. The molecule has 5 heteroatoms. The Hall–Kier alpha value is -1.96. The molecular formula is C7H4N4O. The summed E-state index contributed by atoms with van der Waals surface area (Å²) >= 11 is 0. The molecule has 0 unspecified atom stereocenters. The van der Waals surface area contributed by atoms with Gasteiger partial charge in [0, 0.05) is 0 Å². The van der Waals surface area contributed by atoms with Crippen molar-refractivity contribution in [2.75, 3.05) is 11.9 Å². The van der Waals surface area contributed by atoms with E-state index in [0.29, 0.717) is 11.4 Å². The van der Waals surface area contributed by atoms with Gasteiger partial charge in [0.05, 0.1) is 12.1 Å². The third-order valence-corrected chi connectivity index (χ3v) is 1.65. The molecule has 1 aliphatic rings. The average molecular weight is 160 g/mol. The fraction of sp³-hybridized carbons (Fsp3) is 0.143. The van der Waals surface area contributed by atoms with Gasteiger partial charge in [-0.1, -0.05) is 0 Å². The van der Waals surface area contributed by atoms with E-state index in [4.69, 9.17) is 5.26 Å². The number of rotatable bonds is 0. The van der Waals surface area contributed by atoms with E-state index in [0.717, 1.165) is 0 Å². The first-order valence-corrected chi connectivity index (χ1v) is 3.35. The van der Waals surface area contributed by atoms with Crippen LogP contribution in [-0.4, -0.2) is 22.3 Å². The van der Waals surface area contributed by atoms with Gasteiger partial charge in [-0.05, 0) is 0 Å². The van der Waals surface area contributed by atoms with Gasteiger partial charge in [-0.25, -0.2) is 9.97 Å². The summed E-state index contributed by atoms with van der Waals surface area (Å²) in [6, 6.07) is 1.85. The molecule has 0 aliphatic carbocycles. The van der Waals surface area contributed by atoms with Gasteiger partial charge in [-0.15, -0.1) is 0 Å². The predicted octanol–water partition coefficient (Wildman–Crippen LogP) is -0.0435. The average Bonchev–Trinajstić information content (AvgIpc) is 2.48. The van der Waals surface area contributed by atoms with Crippen molar-refractivity contribution in [2.45, 2.75) is 0 Å². The summed E-state index contributed by atoms with van der Waals surface area (Å²) in [4.78, 5) is 18.7. The van der Waals surface area contributed by atoms with Crippen molar-refractivity contribution in [3.8, 4) is 6.07 Å². The number of nitrogens with one attached hydrogen (secondary N) is 1. The highest BCUT2D eigenvalue weighted by Gasteiger charge is 2.24. The molecule has 0 saturated heterocycles. The van der Waals surface area contributed by atoms with E-state index in [1.54, 1.807) is 0 Å². The number of fused-ring (bicyclic) bond motifs is 1. The third kappa shape index (κ3) is 0.751. The summed E-state index contributed by atoms with van der Waals surface area (Å²) in [5.74, 6) is 0.341. The first-order chi connectivity index (χ1) is 5.83. The number of aromatic nitrogens is 2. The minimum atomic E-state index is -0.123. The van der Waals surface area contributed by atoms with Crippen molar-refractivity contribution in [3.05, 3.63) is 17.6 Å². The number of nitriles is 1. The predicted molar refractivity (Wildman–Crippen MR) is 39.6 cm³/mol. The lowest BCUT2D eigenvalue weighted by atomic mass is 10.2. The van der Waals surface area contributed by atoms with E-state index < -0.39 is 0 Å². The molecular weight excluding hydrogens is 156 g/mol. The van der Waals surface area contributed by atoms with E-state index in [1.807, 2.05) is 6.07 Å². The lowest BCUT2D eigenvalue weighted by Gasteiger charge is -1.95. The van der Waals surface area contributed by atoms with Crippen LogP contribution >= 0.6 is 0 Å². The number of ketones is 1. The molecule has 1 aliphatic heterocycles. The molecule has 0 atom stereocenters. The van der Waals surface area contributed by atoms with E-state index in [1.165, 1.54) is 6.33 Å². The molecule has 58 valence electrons. The quantitative estimate of drug-likeness (QED) is 0.575. The summed E-state index contributed by atoms with van der Waals surface area (Å²) in [5, 5.41) is 11.4. The molecule has 1 aromatic rings. The molecule has 2 heterocycles. The number of carbonyl (C=O) groups excluding carboxylic acids is 1. The minimum Gasteiger partial charge on any atom is -0.362 e. The van der Waals surface area contributed by atoms with E-state index >= 15 is 0 Å². The van der Waals surface area contributed by atoms with Crippen LogP contribution < -0.4 is 5.32 Å². The Kier molecular flexibility index (Phi) is 1.27. The summed E-state index contributed by atoms with van der Waals surface area (Å²) in [6.45, 7) is 0.211. The summed E-state index contributed by atoms with van der Waals surface area (Å²) < 4.78 is 0. The Morgan fingerprint density at radius 1 is 1.58 bits per heavy atom. The van der Waals surface area contributed by atoms with Gasteiger partial charge < -0.3 is 5.32 Å². The highest BCUT2D eigenvalue weighted by Crippen LogP contribution is 2.20. The Bertz CT molecular complexity index is 393. The molecule has 0 amide bonds. The van der Waals surface area contributed by atoms with Gasteiger partial charge in [0.2, 0.25) is 0 Å². The maximum atomic E-state index is 11.2. The van der Waals surface area contributed by atoms with Crippen LogP contribution in [-0.2, 0) is 0 Å². The van der Waals surface area contributed by atoms with Gasteiger partial charge in [0.1, 0.15) is 18.2 Å². The number of Topliss-reactive ketones (excluding diaryl/α,β-unsaturated/α-hetero) is 1. The lowest BCUT2D eigenvalue weighted by molar-refractivity contribution is 0.101. The SMILES string of the molecule is N#Cc1ncnc2c1C(=O)CN2. The van der Waals surface area contributed by atoms with Gasteiger partial charge in [0.15, 0.2) is 11.5 Å². The zero-order valence-corrected chi connectivity index (χ0v) is 6.03. The lowest BCUT2D eigenvalue weighted by Crippen LogP contribution is -2.02. The first kappa shape index (κ1) is 6.73. The summed E-state index contributed by atoms with van der Waals surface area (Å²) in [6.07, 6.45) is 1.27. The highest BCUT2D eigenvalue weighted by molar-refractivity contribution is 6.08. The molecule has 0 radical (unpaired) electrons. The number of hydrogen-bond acceptors (Lipinski definition) is 5. The van der Waals surface area contributed by atoms with E-state index in [2.05, 4.69) is 15.3 Å². The van der Waals surface area contributed by atoms with Crippen molar-refractivity contribution in [1.29, 1.82) is 5.26 Å². The zero-order valence-electron chi connectivity index (χ0n) is 6.03. The first-order valence-electron chi connectivity index (χ1n) is 3.35. The highest BCUT2D eigenvalue weighted by atomic mass is 16.1. The van der Waals surface area contributed by atoms with Crippen LogP contribution in [0.4, 0.5) is 5.82 Å². The van der Waals surface area contributed by atoms with Crippen molar-refractivity contribution in [2.24, 2.45) is 0 Å². The van der Waals surface area contributed by atoms with Gasteiger partial charge in [-0.2, -0.15) is 5.26 Å². The summed E-state index contributed by atoms with van der Waals surface area (Å²) in [7, 11) is 0. The molecule has 0 aromatic carbocycles. The fourth-order valence-corrected chi connectivity index (χ4v) is 1.12. The van der Waals surface area contributed by atoms with Gasteiger partial charge in [-0.3, -0.25) is 4.79 Å². The Labute approximate surface area is 68.1 Å². The zero-order chi connectivity index (χ0) is 8.55. The second-order valence-electron chi connectivity index (χ2n) is 2.33. The van der Waals surface area contributed by atoms with Gasteiger partial charge in [0.25, 0.3) is 0 Å². The number of carbonyl (C=O) groups is 1. The smallest absolute Gasteiger partial charge is 0.188 e. The normalized spacial score (nSPS) is 13.4. The third-order valence-electron chi connectivity index (χ3n) is 1.65. The Morgan fingerprint density at radius 2 is 2.42 bits per heavy atom. The van der Waals surface area contributed by atoms with E-state index in [9.17, 15) is 4.79 Å². The van der Waals surface area contributed by atoms with Crippen LogP contribution in [0.15, 0.2) is 6.33 Å². The molecule has 5 nitrogen and oxygen atoms in total. The van der Waals surface area contributed by atoms with Crippen molar-refractivity contribution in [1.82, 2.24) is 9.97 Å². The topological polar surface area (TPSA) is 78.7 Å². The number of hydrogen-bond donors (Lipinski definition) is 1. The maximum absolute atomic E-state index is 11.2. The van der Waals surface area contributed by atoms with Crippen LogP contribution in [0.25, 0.3) is 0 Å². The maximum Gasteiger partial charge on any atom is 0.188 e. The van der Waals surface area contributed by atoms with Crippen LogP contribution in [0.3, 0.4) is 0 Å². The van der Waals surface area contributed by atoms with Crippen LogP contribution in [0.1, 0.15) is 16.1 Å². The molecule has 0 fully saturated rings. The van der Waals surface area contributed by atoms with Gasteiger partial charge >= 0.3 is 0 Å². The molecule has 0 spiro atoms. The van der Waals surface area contributed by atoms with Crippen molar-refractivity contribution < 1.29 is 4.79 Å². The number of nitrogens with zero attached hydrogens (tertiary/aromatic N) is 3. The Morgan fingerprint density at radius 3 is 3.17 bits per heavy atom. The molecule has 1 aromatic heterocycles. The monoisotopic (exact) mass is 160 g/mol. The largest absolute Gasteiger partial charge is 0.362 e. The fourth-order valence-electron chi connectivity index (χ4n) is 1.12. The van der Waals surface area contributed by atoms with Crippen molar-refractivity contribution >= 4 is 11.6 Å². The minimum absolute atomic E-state index is 0.123. The number of anilines is 1. The van der Waals surface area contributed by atoms with Crippen molar-refractivity contribution in [3.63, 3.8) is 0 Å². The van der Waals surface area contributed by atoms with Crippen LogP contribution in [0.5, 0.6) is 0 Å². The van der Waals surface area contributed by atoms with E-state index in [-0.39, 0.29) is 18.0 Å². The molecule has 0 saturated carbocycles. The summed E-state index contributed by atoms with van der Waals surface area (Å²) in [5.41, 5.74) is 0.468. The second kappa shape index (κ2) is 2.27. The van der Waals surface area contributed by atoms with Crippen LogP contribution in [0.2, 0.25) is 0 Å². The molecule has 0 bridgehead atoms.